The van der Waals surface area contributed by atoms with E-state index in [4.69, 9.17) is 16.3 Å². The molecule has 3 rings (SSSR count). The van der Waals surface area contributed by atoms with E-state index in [2.05, 4.69) is 0 Å². The van der Waals surface area contributed by atoms with Crippen LogP contribution in [0.3, 0.4) is 0 Å². The normalized spacial score (nSPS) is 28.9. The molecule has 1 aromatic carbocycles. The van der Waals surface area contributed by atoms with Gasteiger partial charge in [-0.05, 0) is 43.9 Å². The van der Waals surface area contributed by atoms with Crippen molar-refractivity contribution in [1.82, 2.24) is 4.90 Å². The molecule has 1 aromatic rings. The fourth-order valence-electron chi connectivity index (χ4n) is 3.59. The smallest absolute Gasteiger partial charge is 0.254 e. The lowest BCUT2D eigenvalue weighted by molar-refractivity contribution is -0.0589. The third kappa shape index (κ3) is 3.00. The predicted octanol–water partition coefficient (Wildman–Crippen LogP) is 2.65. The maximum Gasteiger partial charge on any atom is 0.254 e. The zero-order chi connectivity index (χ0) is 15.7. The van der Waals surface area contributed by atoms with E-state index in [1.54, 1.807) is 12.1 Å². The van der Waals surface area contributed by atoms with Crippen molar-refractivity contribution >= 4 is 17.5 Å². The summed E-state index contributed by atoms with van der Waals surface area (Å²) in [5.41, 5.74) is 1.59. The molecular formula is C17H22ClNO3. The number of aryl methyl sites for hydroxylation is 1. The monoisotopic (exact) mass is 323 g/mol. The summed E-state index contributed by atoms with van der Waals surface area (Å²) >= 11 is 6.05. The van der Waals surface area contributed by atoms with Crippen molar-refractivity contribution in [2.45, 2.75) is 38.3 Å². The second-order valence-electron chi connectivity index (χ2n) is 6.26. The molecule has 22 heavy (non-hydrogen) atoms. The molecule has 0 aliphatic carbocycles. The Morgan fingerprint density at radius 3 is 3.00 bits per heavy atom. The van der Waals surface area contributed by atoms with Gasteiger partial charge in [-0.2, -0.15) is 0 Å². The van der Waals surface area contributed by atoms with Gasteiger partial charge in [0.15, 0.2) is 0 Å². The molecule has 0 radical (unpaired) electrons. The molecule has 4 nitrogen and oxygen atoms in total. The Hall–Kier alpha value is -1.10. The van der Waals surface area contributed by atoms with Crippen LogP contribution in [0.15, 0.2) is 18.2 Å². The molecule has 0 aromatic heterocycles. The summed E-state index contributed by atoms with van der Waals surface area (Å²) in [6, 6.07) is 5.47. The van der Waals surface area contributed by atoms with Crippen LogP contribution in [0.4, 0.5) is 0 Å². The lowest BCUT2D eigenvalue weighted by Crippen LogP contribution is -2.48. The van der Waals surface area contributed by atoms with Crippen LogP contribution in [-0.2, 0) is 4.74 Å². The first kappa shape index (κ1) is 15.8. The lowest BCUT2D eigenvalue weighted by atomic mass is 9.89. The SMILES string of the molecule is Cc1ccc(Cl)cc1C(=O)N1CCC[C@@H]1[C@H]1COCC[C@H]1O. The Kier molecular flexibility index (Phi) is 4.71. The van der Waals surface area contributed by atoms with Gasteiger partial charge >= 0.3 is 0 Å². The highest BCUT2D eigenvalue weighted by Gasteiger charge is 2.40. The van der Waals surface area contributed by atoms with E-state index in [0.29, 0.717) is 30.2 Å². The van der Waals surface area contributed by atoms with Gasteiger partial charge in [-0.1, -0.05) is 17.7 Å². The first-order valence-electron chi connectivity index (χ1n) is 7.91. The van der Waals surface area contributed by atoms with E-state index in [9.17, 15) is 9.90 Å². The number of carbonyl (C=O) groups excluding carboxylic acids is 1. The Balaban J connectivity index is 1.83. The second kappa shape index (κ2) is 6.57. The number of hydrogen-bond donors (Lipinski definition) is 1. The first-order chi connectivity index (χ1) is 10.6. The van der Waals surface area contributed by atoms with Crippen molar-refractivity contribution in [3.05, 3.63) is 34.3 Å². The van der Waals surface area contributed by atoms with Crippen LogP contribution in [0, 0.1) is 12.8 Å². The Morgan fingerprint density at radius 1 is 1.41 bits per heavy atom. The van der Waals surface area contributed by atoms with Crippen molar-refractivity contribution in [1.29, 1.82) is 0 Å². The Morgan fingerprint density at radius 2 is 2.23 bits per heavy atom. The lowest BCUT2D eigenvalue weighted by Gasteiger charge is -2.37. The average Bonchev–Trinajstić information content (AvgIpc) is 2.99. The predicted molar refractivity (Wildman–Crippen MR) is 85.2 cm³/mol. The topological polar surface area (TPSA) is 49.8 Å². The number of rotatable bonds is 2. The Bertz CT molecular complexity index is 563. The van der Waals surface area contributed by atoms with E-state index in [-0.39, 0.29) is 24.0 Å². The molecule has 120 valence electrons. The van der Waals surface area contributed by atoms with Gasteiger partial charge in [-0.25, -0.2) is 0 Å². The molecule has 0 unspecified atom stereocenters. The highest BCUT2D eigenvalue weighted by Crippen LogP contribution is 2.31. The number of aliphatic hydroxyl groups is 1. The van der Waals surface area contributed by atoms with Crippen LogP contribution in [-0.4, -0.2) is 47.8 Å². The summed E-state index contributed by atoms with van der Waals surface area (Å²) < 4.78 is 5.52. The second-order valence-corrected chi connectivity index (χ2v) is 6.70. The largest absolute Gasteiger partial charge is 0.393 e. The van der Waals surface area contributed by atoms with Crippen molar-refractivity contribution in [3.63, 3.8) is 0 Å². The molecule has 2 aliphatic rings. The van der Waals surface area contributed by atoms with Crippen molar-refractivity contribution in [3.8, 4) is 0 Å². The number of hydrogen-bond acceptors (Lipinski definition) is 3. The van der Waals surface area contributed by atoms with Gasteiger partial charge in [0.05, 0.1) is 12.7 Å². The highest BCUT2D eigenvalue weighted by atomic mass is 35.5. The molecule has 2 saturated heterocycles. The standard InChI is InChI=1S/C17H22ClNO3/c1-11-4-5-12(18)9-13(11)17(21)19-7-2-3-15(19)14-10-22-8-6-16(14)20/h4-5,9,14-16,20H,2-3,6-8,10H2,1H3/t14-,15-,16-/m1/s1. The minimum Gasteiger partial charge on any atom is -0.393 e. The molecule has 0 saturated carbocycles. The number of carbonyl (C=O) groups is 1. The summed E-state index contributed by atoms with van der Waals surface area (Å²) in [7, 11) is 0. The number of ether oxygens (including phenoxy) is 1. The van der Waals surface area contributed by atoms with E-state index >= 15 is 0 Å². The molecule has 2 fully saturated rings. The molecule has 1 amide bonds. The minimum atomic E-state index is -0.382. The number of nitrogens with zero attached hydrogens (tertiary/aromatic N) is 1. The number of amides is 1. The Labute approximate surface area is 136 Å². The summed E-state index contributed by atoms with van der Waals surface area (Å²) in [5.74, 6) is 0.0277. The van der Waals surface area contributed by atoms with Gasteiger partial charge in [0.25, 0.3) is 5.91 Å². The fourth-order valence-corrected chi connectivity index (χ4v) is 3.76. The van der Waals surface area contributed by atoms with E-state index in [0.717, 1.165) is 24.9 Å². The molecule has 2 aliphatic heterocycles. The van der Waals surface area contributed by atoms with Crippen LogP contribution in [0.25, 0.3) is 0 Å². The molecular weight excluding hydrogens is 302 g/mol. The average molecular weight is 324 g/mol. The summed E-state index contributed by atoms with van der Waals surface area (Å²) in [5, 5.41) is 10.8. The maximum absolute atomic E-state index is 12.9. The molecule has 3 atom stereocenters. The van der Waals surface area contributed by atoms with Gasteiger partial charge in [0, 0.05) is 35.7 Å². The van der Waals surface area contributed by atoms with Crippen LogP contribution >= 0.6 is 11.6 Å². The quantitative estimate of drug-likeness (QED) is 0.910. The molecule has 1 N–H and O–H groups in total. The zero-order valence-electron chi connectivity index (χ0n) is 12.8. The van der Waals surface area contributed by atoms with Gasteiger partial charge in [0.1, 0.15) is 0 Å². The third-order valence-corrected chi connectivity index (χ3v) is 5.08. The first-order valence-corrected chi connectivity index (χ1v) is 8.28. The van der Waals surface area contributed by atoms with Gasteiger partial charge in [-0.3, -0.25) is 4.79 Å². The van der Waals surface area contributed by atoms with Crippen molar-refractivity contribution in [2.75, 3.05) is 19.8 Å². The maximum atomic E-state index is 12.9. The number of likely N-dealkylation sites (tertiary alicyclic amines) is 1. The van der Waals surface area contributed by atoms with Crippen molar-refractivity contribution < 1.29 is 14.6 Å². The van der Waals surface area contributed by atoms with Gasteiger partial charge < -0.3 is 14.7 Å². The number of benzene rings is 1. The van der Waals surface area contributed by atoms with Crippen LogP contribution in [0.5, 0.6) is 0 Å². The highest BCUT2D eigenvalue weighted by molar-refractivity contribution is 6.31. The van der Waals surface area contributed by atoms with E-state index in [1.807, 2.05) is 17.9 Å². The molecule has 5 heteroatoms. The van der Waals surface area contributed by atoms with Crippen molar-refractivity contribution in [2.24, 2.45) is 5.92 Å². The minimum absolute atomic E-state index is 0.0136. The summed E-state index contributed by atoms with van der Waals surface area (Å²) in [6.07, 6.45) is 2.17. The summed E-state index contributed by atoms with van der Waals surface area (Å²) in [6.45, 7) is 3.79. The third-order valence-electron chi connectivity index (χ3n) is 4.85. The van der Waals surface area contributed by atoms with Crippen LogP contribution < -0.4 is 0 Å². The fraction of sp³-hybridized carbons (Fsp3) is 0.588. The number of aliphatic hydroxyl groups excluding tert-OH is 1. The van der Waals surface area contributed by atoms with Crippen LogP contribution in [0.2, 0.25) is 5.02 Å². The van der Waals surface area contributed by atoms with Gasteiger partial charge in [0.2, 0.25) is 0 Å². The number of halogens is 1. The van der Waals surface area contributed by atoms with E-state index < -0.39 is 0 Å². The molecule has 0 bridgehead atoms. The molecule has 0 spiro atoms. The van der Waals surface area contributed by atoms with E-state index in [1.165, 1.54) is 0 Å². The molecule has 2 heterocycles. The van der Waals surface area contributed by atoms with Gasteiger partial charge in [-0.15, -0.1) is 0 Å². The zero-order valence-corrected chi connectivity index (χ0v) is 13.6. The summed E-state index contributed by atoms with van der Waals surface area (Å²) in [4.78, 5) is 14.8. The van der Waals surface area contributed by atoms with Crippen LogP contribution in [0.1, 0.15) is 35.2 Å².